The Morgan fingerprint density at radius 3 is 1.69 bits per heavy atom. The van der Waals surface area contributed by atoms with Gasteiger partial charge in [0.1, 0.15) is 0 Å². The maximum Gasteiger partial charge on any atom is 0.255 e. The number of hydrogen-bond donors (Lipinski definition) is 2. The highest BCUT2D eigenvalue weighted by Crippen LogP contribution is 2.14. The first-order valence-electron chi connectivity index (χ1n) is 11.0. The Hall–Kier alpha value is -0.900. The maximum absolute atomic E-state index is 12.2. The molecule has 0 saturated carbocycles. The van der Waals surface area contributed by atoms with Crippen molar-refractivity contribution in [3.8, 4) is 0 Å². The second-order valence-corrected chi connectivity index (χ2v) is 8.02. The molecular weight excluding hydrogens is 340 g/mol. The molecule has 1 aromatic heterocycles. The Morgan fingerprint density at radius 1 is 0.654 bits per heavy atom. The van der Waals surface area contributed by atoms with Gasteiger partial charge < -0.3 is 4.98 Å². The number of unbranched alkanes of at least 4 members (excludes halogenated alkanes) is 12. The topological polar surface area (TPSA) is 48.6 Å². The highest BCUT2D eigenvalue weighted by molar-refractivity contribution is 7.71. The molecule has 0 unspecified atom stereocenters. The Bertz CT molecular complexity index is 576. The largest absolute Gasteiger partial charge is 0.336 e. The van der Waals surface area contributed by atoms with E-state index in [1.807, 2.05) is 0 Å². The lowest BCUT2D eigenvalue weighted by Gasteiger charge is -2.08. The van der Waals surface area contributed by atoms with Crippen LogP contribution in [-0.4, -0.2) is 9.97 Å². The third-order valence-electron chi connectivity index (χ3n) is 5.19. The molecule has 1 heterocycles. The molecule has 0 spiro atoms. The van der Waals surface area contributed by atoms with Crippen molar-refractivity contribution in [1.29, 1.82) is 0 Å². The number of aromatic nitrogens is 2. The summed E-state index contributed by atoms with van der Waals surface area (Å²) in [7, 11) is 0. The lowest BCUT2D eigenvalue weighted by Crippen LogP contribution is -2.18. The van der Waals surface area contributed by atoms with Gasteiger partial charge in [0.25, 0.3) is 5.56 Å². The minimum atomic E-state index is 0.0166. The standard InChI is InChI=1S/C22H40N2OS/c1-3-5-7-8-9-10-11-12-13-14-15-16-17-19-20(18-6-4-2)23-22(26)24-21(19)25/h3-18H2,1-2H3,(H2,23,24,25,26). The minimum absolute atomic E-state index is 0.0166. The number of nitrogens with one attached hydrogen (secondary N) is 2. The molecule has 1 rings (SSSR count). The lowest BCUT2D eigenvalue weighted by atomic mass is 10.0. The molecule has 26 heavy (non-hydrogen) atoms. The van der Waals surface area contributed by atoms with Crippen molar-refractivity contribution in [1.82, 2.24) is 9.97 Å². The molecule has 0 aliphatic rings. The average Bonchev–Trinajstić information content (AvgIpc) is 2.62. The van der Waals surface area contributed by atoms with E-state index < -0.39 is 0 Å². The van der Waals surface area contributed by atoms with Crippen molar-refractivity contribution >= 4 is 12.2 Å². The van der Waals surface area contributed by atoms with E-state index in [1.165, 1.54) is 70.6 Å². The molecule has 1 aromatic rings. The molecule has 0 aliphatic heterocycles. The molecule has 0 aromatic carbocycles. The van der Waals surface area contributed by atoms with Crippen LogP contribution in [0.1, 0.15) is 115 Å². The SMILES string of the molecule is CCCCCCCCCCCCCCc1c(CCCC)[nH]c(=S)[nH]c1=O. The van der Waals surface area contributed by atoms with Gasteiger partial charge in [-0.1, -0.05) is 90.9 Å². The second-order valence-electron chi connectivity index (χ2n) is 7.61. The van der Waals surface area contributed by atoms with Crippen LogP contribution in [0.2, 0.25) is 0 Å². The number of aryl methyl sites for hydroxylation is 1. The quantitative estimate of drug-likeness (QED) is 0.239. The van der Waals surface area contributed by atoms with E-state index in [4.69, 9.17) is 12.2 Å². The van der Waals surface area contributed by atoms with E-state index in [9.17, 15) is 4.79 Å². The monoisotopic (exact) mass is 380 g/mol. The Morgan fingerprint density at radius 2 is 1.15 bits per heavy atom. The van der Waals surface area contributed by atoms with Crippen LogP contribution < -0.4 is 5.56 Å². The van der Waals surface area contributed by atoms with Crippen molar-refractivity contribution in [2.45, 2.75) is 117 Å². The van der Waals surface area contributed by atoms with Crippen molar-refractivity contribution < 1.29 is 0 Å². The van der Waals surface area contributed by atoms with Crippen molar-refractivity contribution in [3.63, 3.8) is 0 Å². The summed E-state index contributed by atoms with van der Waals surface area (Å²) < 4.78 is 0.458. The Balaban J connectivity index is 2.16. The van der Waals surface area contributed by atoms with Gasteiger partial charge in [-0.25, -0.2) is 0 Å². The fourth-order valence-corrected chi connectivity index (χ4v) is 3.75. The van der Waals surface area contributed by atoms with Gasteiger partial charge >= 0.3 is 0 Å². The molecule has 0 bridgehead atoms. The van der Waals surface area contributed by atoms with Crippen LogP contribution in [-0.2, 0) is 12.8 Å². The molecule has 0 fully saturated rings. The fraction of sp³-hybridized carbons (Fsp3) is 0.818. The lowest BCUT2D eigenvalue weighted by molar-refractivity contribution is 0.543. The number of hydrogen-bond acceptors (Lipinski definition) is 2. The first kappa shape index (κ1) is 23.1. The fourth-order valence-electron chi connectivity index (χ4n) is 3.53. The summed E-state index contributed by atoms with van der Waals surface area (Å²) in [5.74, 6) is 0. The first-order valence-corrected chi connectivity index (χ1v) is 11.4. The highest BCUT2D eigenvalue weighted by atomic mass is 32.1. The molecule has 3 nitrogen and oxygen atoms in total. The minimum Gasteiger partial charge on any atom is -0.336 e. The zero-order valence-corrected chi connectivity index (χ0v) is 17.9. The van der Waals surface area contributed by atoms with Crippen LogP contribution in [0.4, 0.5) is 0 Å². The summed E-state index contributed by atoms with van der Waals surface area (Å²) in [5.41, 5.74) is 2.01. The molecule has 2 N–H and O–H groups in total. The summed E-state index contributed by atoms with van der Waals surface area (Å²) in [5, 5.41) is 0. The molecular formula is C22H40N2OS. The predicted octanol–water partition coefficient (Wildman–Crippen LogP) is 7.02. The molecule has 0 atom stereocenters. The summed E-state index contributed by atoms with van der Waals surface area (Å²) >= 11 is 5.12. The van der Waals surface area contributed by atoms with Gasteiger partial charge in [-0.15, -0.1) is 0 Å². The Kier molecular flexibility index (Phi) is 13.5. The summed E-state index contributed by atoms with van der Waals surface area (Å²) in [6.45, 7) is 4.45. The van der Waals surface area contributed by atoms with Crippen molar-refractivity contribution in [2.75, 3.05) is 0 Å². The van der Waals surface area contributed by atoms with Gasteiger partial charge in [-0.05, 0) is 37.9 Å². The zero-order valence-electron chi connectivity index (χ0n) is 17.1. The first-order chi connectivity index (χ1) is 12.7. The van der Waals surface area contributed by atoms with E-state index in [0.29, 0.717) is 4.77 Å². The van der Waals surface area contributed by atoms with Crippen LogP contribution in [0.5, 0.6) is 0 Å². The smallest absolute Gasteiger partial charge is 0.255 e. The van der Waals surface area contributed by atoms with Gasteiger partial charge in [-0.2, -0.15) is 0 Å². The molecule has 150 valence electrons. The second kappa shape index (κ2) is 15.2. The third-order valence-corrected chi connectivity index (χ3v) is 5.39. The summed E-state index contributed by atoms with van der Waals surface area (Å²) in [6.07, 6.45) is 20.1. The normalized spacial score (nSPS) is 11.2. The third kappa shape index (κ3) is 10.3. The van der Waals surface area contributed by atoms with Crippen molar-refractivity contribution in [3.05, 3.63) is 26.4 Å². The van der Waals surface area contributed by atoms with Gasteiger partial charge in [0, 0.05) is 11.3 Å². The van der Waals surface area contributed by atoms with Gasteiger partial charge in [0.2, 0.25) is 0 Å². The maximum atomic E-state index is 12.2. The molecule has 0 radical (unpaired) electrons. The van der Waals surface area contributed by atoms with Crippen molar-refractivity contribution in [2.24, 2.45) is 0 Å². The van der Waals surface area contributed by atoms with E-state index in [1.54, 1.807) is 0 Å². The van der Waals surface area contributed by atoms with E-state index >= 15 is 0 Å². The Labute approximate surface area is 165 Å². The van der Waals surface area contributed by atoms with Gasteiger partial charge in [-0.3, -0.25) is 9.78 Å². The van der Waals surface area contributed by atoms with Crippen LogP contribution >= 0.6 is 12.2 Å². The van der Waals surface area contributed by atoms with E-state index in [2.05, 4.69) is 23.8 Å². The van der Waals surface area contributed by atoms with Gasteiger partial charge in [0.05, 0.1) is 0 Å². The summed E-state index contributed by atoms with van der Waals surface area (Å²) in [6, 6.07) is 0. The molecule has 0 amide bonds. The van der Waals surface area contributed by atoms with Gasteiger partial charge in [0.15, 0.2) is 4.77 Å². The van der Waals surface area contributed by atoms with Crippen LogP contribution in [0.3, 0.4) is 0 Å². The number of aromatic amines is 2. The number of rotatable bonds is 16. The van der Waals surface area contributed by atoms with Crippen LogP contribution in [0.25, 0.3) is 0 Å². The summed E-state index contributed by atoms with van der Waals surface area (Å²) in [4.78, 5) is 18.2. The molecule has 4 heteroatoms. The van der Waals surface area contributed by atoms with Crippen LogP contribution in [0.15, 0.2) is 4.79 Å². The van der Waals surface area contributed by atoms with E-state index in [0.717, 1.165) is 43.4 Å². The van der Waals surface area contributed by atoms with Crippen LogP contribution in [0, 0.1) is 4.77 Å². The molecule has 0 aliphatic carbocycles. The van der Waals surface area contributed by atoms with E-state index in [-0.39, 0.29) is 5.56 Å². The average molecular weight is 381 g/mol. The highest BCUT2D eigenvalue weighted by Gasteiger charge is 2.08. The zero-order chi connectivity index (χ0) is 19.0. The predicted molar refractivity (Wildman–Crippen MR) is 116 cm³/mol. The number of H-pyrrole nitrogens is 2. The molecule has 0 saturated heterocycles.